The number of nitrogens with two attached hydrogens (primary N) is 1. The van der Waals surface area contributed by atoms with Crippen LogP contribution in [0.2, 0.25) is 0 Å². The molecule has 1 aromatic rings. The van der Waals surface area contributed by atoms with Gasteiger partial charge in [-0.2, -0.15) is 0 Å². The van der Waals surface area contributed by atoms with Crippen LogP contribution >= 0.6 is 0 Å². The summed E-state index contributed by atoms with van der Waals surface area (Å²) in [5, 5.41) is 11.8. The van der Waals surface area contributed by atoms with E-state index in [1.54, 1.807) is 24.1 Å². The zero-order valence-electron chi connectivity index (χ0n) is 11.3. The van der Waals surface area contributed by atoms with E-state index in [0.29, 0.717) is 5.69 Å². The van der Waals surface area contributed by atoms with Gasteiger partial charge in [-0.15, -0.1) is 0 Å². The molecule has 19 heavy (non-hydrogen) atoms. The minimum absolute atomic E-state index is 0.0358. The number of hydrogen-bond acceptors (Lipinski definition) is 4. The van der Waals surface area contributed by atoms with Crippen LogP contribution in [0.15, 0.2) is 18.2 Å². The Balaban J connectivity index is 2.88. The van der Waals surface area contributed by atoms with Gasteiger partial charge in [0.05, 0.1) is 23.5 Å². The number of aromatic carboxylic acids is 1. The predicted molar refractivity (Wildman–Crippen MR) is 74.4 cm³/mol. The summed E-state index contributed by atoms with van der Waals surface area (Å²) in [7, 11) is 1.69. The van der Waals surface area contributed by atoms with Gasteiger partial charge >= 0.3 is 5.97 Å². The number of nitrogen functional groups attached to an aromatic ring is 1. The average Bonchev–Trinajstić information content (AvgIpc) is 2.27. The molecule has 0 saturated heterocycles. The predicted octanol–water partition coefficient (Wildman–Crippen LogP) is 0.928. The molecule has 0 atom stereocenters. The van der Waals surface area contributed by atoms with E-state index >= 15 is 0 Å². The second kappa shape index (κ2) is 6.08. The van der Waals surface area contributed by atoms with Crippen LogP contribution < -0.4 is 16.0 Å². The van der Waals surface area contributed by atoms with Crippen molar-refractivity contribution >= 4 is 23.3 Å². The van der Waals surface area contributed by atoms with Gasteiger partial charge < -0.3 is 21.1 Å². The number of carboxylic acid groups (broad SMARTS) is 1. The summed E-state index contributed by atoms with van der Waals surface area (Å²) >= 11 is 0. The first-order chi connectivity index (χ1) is 8.82. The summed E-state index contributed by atoms with van der Waals surface area (Å²) in [5.74, 6) is -1.22. The second-order valence-corrected chi connectivity index (χ2v) is 4.62. The number of nitrogens with one attached hydrogen (secondary N) is 1. The smallest absolute Gasteiger partial charge is 0.337 e. The third-order valence-electron chi connectivity index (χ3n) is 2.56. The van der Waals surface area contributed by atoms with Crippen molar-refractivity contribution in [3.8, 4) is 0 Å². The molecule has 0 aromatic heterocycles. The van der Waals surface area contributed by atoms with Gasteiger partial charge in [-0.05, 0) is 26.0 Å². The number of likely N-dealkylation sites (N-methyl/N-ethyl adjacent to an activating group) is 1. The van der Waals surface area contributed by atoms with Crippen LogP contribution in [0, 0.1) is 0 Å². The first-order valence-corrected chi connectivity index (χ1v) is 5.95. The fourth-order valence-corrected chi connectivity index (χ4v) is 1.74. The maximum atomic E-state index is 11.7. The van der Waals surface area contributed by atoms with E-state index < -0.39 is 5.97 Å². The number of amides is 1. The van der Waals surface area contributed by atoms with Crippen LogP contribution in [-0.2, 0) is 4.79 Å². The molecule has 0 radical (unpaired) electrons. The Morgan fingerprint density at radius 3 is 2.58 bits per heavy atom. The molecule has 0 aliphatic heterocycles. The van der Waals surface area contributed by atoms with Gasteiger partial charge in [0, 0.05) is 13.1 Å². The minimum atomic E-state index is -1.08. The molecule has 6 nitrogen and oxygen atoms in total. The van der Waals surface area contributed by atoms with Crippen LogP contribution in [0.25, 0.3) is 0 Å². The van der Waals surface area contributed by atoms with Gasteiger partial charge in [-0.25, -0.2) is 4.79 Å². The van der Waals surface area contributed by atoms with E-state index in [4.69, 9.17) is 10.8 Å². The second-order valence-electron chi connectivity index (χ2n) is 4.62. The Kier molecular flexibility index (Phi) is 4.74. The van der Waals surface area contributed by atoms with Gasteiger partial charge in [0.25, 0.3) is 0 Å². The van der Waals surface area contributed by atoms with Gasteiger partial charge in [0.2, 0.25) is 5.91 Å². The van der Waals surface area contributed by atoms with Crippen molar-refractivity contribution in [1.29, 1.82) is 0 Å². The van der Waals surface area contributed by atoms with E-state index in [-0.39, 0.29) is 29.7 Å². The molecule has 0 bridgehead atoms. The fourth-order valence-electron chi connectivity index (χ4n) is 1.74. The normalized spacial score (nSPS) is 10.3. The number of rotatable bonds is 5. The molecular formula is C13H19N3O3. The highest BCUT2D eigenvalue weighted by Gasteiger charge is 2.15. The summed E-state index contributed by atoms with van der Waals surface area (Å²) in [6.45, 7) is 3.86. The SMILES string of the molecule is CC(C)NC(=O)CN(C)c1cccc(C(=O)O)c1N. The monoisotopic (exact) mass is 265 g/mol. The first kappa shape index (κ1) is 14.8. The molecule has 0 fully saturated rings. The van der Waals surface area contributed by atoms with Crippen molar-refractivity contribution in [3.63, 3.8) is 0 Å². The number of carboxylic acids is 1. The largest absolute Gasteiger partial charge is 0.478 e. The Hall–Kier alpha value is -2.24. The lowest BCUT2D eigenvalue weighted by atomic mass is 10.1. The van der Waals surface area contributed by atoms with Crippen molar-refractivity contribution in [1.82, 2.24) is 5.32 Å². The molecule has 1 amide bonds. The molecule has 1 rings (SSSR count). The highest BCUT2D eigenvalue weighted by Crippen LogP contribution is 2.25. The Labute approximate surface area is 112 Å². The third-order valence-corrected chi connectivity index (χ3v) is 2.56. The molecule has 0 saturated carbocycles. The number of carbonyl (C=O) groups is 2. The molecular weight excluding hydrogens is 246 g/mol. The van der Waals surface area contributed by atoms with Gasteiger partial charge in [0.15, 0.2) is 0 Å². The molecule has 0 spiro atoms. The molecule has 0 heterocycles. The van der Waals surface area contributed by atoms with Gasteiger partial charge in [-0.3, -0.25) is 4.79 Å². The zero-order valence-corrected chi connectivity index (χ0v) is 11.3. The van der Waals surface area contributed by atoms with Crippen molar-refractivity contribution in [2.75, 3.05) is 24.2 Å². The van der Waals surface area contributed by atoms with Crippen molar-refractivity contribution in [3.05, 3.63) is 23.8 Å². The van der Waals surface area contributed by atoms with Crippen molar-refractivity contribution in [2.45, 2.75) is 19.9 Å². The highest BCUT2D eigenvalue weighted by atomic mass is 16.4. The van der Waals surface area contributed by atoms with E-state index in [9.17, 15) is 9.59 Å². The number of carbonyl (C=O) groups excluding carboxylic acids is 1. The lowest BCUT2D eigenvalue weighted by Crippen LogP contribution is -2.38. The van der Waals surface area contributed by atoms with E-state index in [1.807, 2.05) is 13.8 Å². The van der Waals surface area contributed by atoms with E-state index in [0.717, 1.165) is 0 Å². The molecule has 1 aromatic carbocycles. The quantitative estimate of drug-likeness (QED) is 0.688. The van der Waals surface area contributed by atoms with E-state index in [1.165, 1.54) is 6.07 Å². The van der Waals surface area contributed by atoms with Crippen molar-refractivity contribution in [2.24, 2.45) is 0 Å². The van der Waals surface area contributed by atoms with Crippen molar-refractivity contribution < 1.29 is 14.7 Å². The Bertz CT molecular complexity index is 486. The van der Waals surface area contributed by atoms with Crippen LogP contribution in [0.5, 0.6) is 0 Å². The van der Waals surface area contributed by atoms with Gasteiger partial charge in [-0.1, -0.05) is 6.07 Å². The lowest BCUT2D eigenvalue weighted by Gasteiger charge is -2.22. The average molecular weight is 265 g/mol. The lowest BCUT2D eigenvalue weighted by molar-refractivity contribution is -0.120. The minimum Gasteiger partial charge on any atom is -0.478 e. The number of benzene rings is 1. The Morgan fingerprint density at radius 1 is 1.42 bits per heavy atom. The summed E-state index contributed by atoms with van der Waals surface area (Å²) < 4.78 is 0. The molecule has 4 N–H and O–H groups in total. The zero-order chi connectivity index (χ0) is 14.6. The van der Waals surface area contributed by atoms with E-state index in [2.05, 4.69) is 5.32 Å². The van der Waals surface area contributed by atoms with Crippen LogP contribution in [0.1, 0.15) is 24.2 Å². The van der Waals surface area contributed by atoms with Crippen LogP contribution in [0.3, 0.4) is 0 Å². The first-order valence-electron chi connectivity index (χ1n) is 5.95. The Morgan fingerprint density at radius 2 is 2.05 bits per heavy atom. The number of nitrogens with zero attached hydrogens (tertiary/aromatic N) is 1. The maximum absolute atomic E-state index is 11.7. The molecule has 0 aliphatic rings. The number of anilines is 2. The van der Waals surface area contributed by atoms with Crippen LogP contribution in [0.4, 0.5) is 11.4 Å². The molecule has 0 aliphatic carbocycles. The summed E-state index contributed by atoms with van der Waals surface area (Å²) in [4.78, 5) is 24.3. The molecule has 6 heteroatoms. The summed E-state index contributed by atoms with van der Waals surface area (Å²) in [5.41, 5.74) is 6.53. The third kappa shape index (κ3) is 3.87. The fraction of sp³-hybridized carbons (Fsp3) is 0.385. The summed E-state index contributed by atoms with van der Waals surface area (Å²) in [6.07, 6.45) is 0. The molecule has 0 unspecified atom stereocenters. The number of hydrogen-bond donors (Lipinski definition) is 3. The molecule has 104 valence electrons. The standard InChI is InChI=1S/C13H19N3O3/c1-8(2)15-11(17)7-16(3)10-6-4-5-9(12(10)14)13(18)19/h4-6,8H,7,14H2,1-3H3,(H,15,17)(H,18,19). The van der Waals surface area contributed by atoms with Crippen LogP contribution in [-0.4, -0.2) is 36.6 Å². The highest BCUT2D eigenvalue weighted by molar-refractivity contribution is 5.97. The van der Waals surface area contributed by atoms with Gasteiger partial charge in [0.1, 0.15) is 0 Å². The number of para-hydroxylation sites is 1. The topological polar surface area (TPSA) is 95.7 Å². The maximum Gasteiger partial charge on any atom is 0.337 e. The summed E-state index contributed by atoms with van der Waals surface area (Å²) in [6, 6.07) is 4.78.